The molecule has 2 saturated carbocycles. The van der Waals surface area contributed by atoms with Gasteiger partial charge in [0.25, 0.3) is 0 Å². The van der Waals surface area contributed by atoms with Crippen LogP contribution in [-0.4, -0.2) is 17.2 Å². The molecular formula is C17H23NOS. The van der Waals surface area contributed by atoms with Gasteiger partial charge in [0.2, 0.25) is 5.91 Å². The summed E-state index contributed by atoms with van der Waals surface area (Å²) in [5.74, 6) is 1.83. The Morgan fingerprint density at radius 2 is 2.00 bits per heavy atom. The van der Waals surface area contributed by atoms with Crippen molar-refractivity contribution in [2.75, 3.05) is 0 Å². The van der Waals surface area contributed by atoms with E-state index in [1.54, 1.807) is 11.8 Å². The molecule has 0 aromatic heterocycles. The van der Waals surface area contributed by atoms with Gasteiger partial charge in [-0.2, -0.15) is 0 Å². The summed E-state index contributed by atoms with van der Waals surface area (Å²) in [7, 11) is 0. The average molecular weight is 289 g/mol. The predicted molar refractivity (Wildman–Crippen MR) is 83.9 cm³/mol. The second-order valence-electron chi connectivity index (χ2n) is 6.36. The number of carbonyl (C=O) groups is 1. The molecule has 108 valence electrons. The van der Waals surface area contributed by atoms with Crippen LogP contribution in [0.25, 0.3) is 0 Å². The summed E-state index contributed by atoms with van der Waals surface area (Å²) < 4.78 is 0. The summed E-state index contributed by atoms with van der Waals surface area (Å²) >= 11 is 1.65. The lowest BCUT2D eigenvalue weighted by molar-refractivity contribution is -0.121. The normalized spacial score (nSPS) is 29.4. The number of carbonyl (C=O) groups excluding carboxylic acids is 1. The summed E-state index contributed by atoms with van der Waals surface area (Å²) in [6.07, 6.45) is 5.24. The van der Waals surface area contributed by atoms with Gasteiger partial charge >= 0.3 is 0 Å². The van der Waals surface area contributed by atoms with Crippen molar-refractivity contribution >= 4 is 17.7 Å². The highest BCUT2D eigenvalue weighted by Gasteiger charge is 2.40. The van der Waals surface area contributed by atoms with Crippen molar-refractivity contribution in [3.8, 4) is 0 Å². The molecule has 4 atom stereocenters. The van der Waals surface area contributed by atoms with E-state index in [0.29, 0.717) is 6.04 Å². The van der Waals surface area contributed by atoms with Crippen LogP contribution in [-0.2, 0) is 4.79 Å². The van der Waals surface area contributed by atoms with Crippen molar-refractivity contribution in [2.24, 2.45) is 11.8 Å². The molecule has 2 fully saturated rings. The fourth-order valence-corrected chi connectivity index (χ4v) is 4.47. The molecule has 2 aliphatic rings. The van der Waals surface area contributed by atoms with Crippen molar-refractivity contribution < 1.29 is 4.79 Å². The summed E-state index contributed by atoms with van der Waals surface area (Å²) in [5, 5.41) is 3.27. The zero-order valence-corrected chi connectivity index (χ0v) is 13.1. The van der Waals surface area contributed by atoms with Gasteiger partial charge in [-0.15, -0.1) is 11.8 Å². The Labute approximate surface area is 125 Å². The number of benzene rings is 1. The molecular weight excluding hydrogens is 266 g/mol. The first-order valence-electron chi connectivity index (χ1n) is 7.65. The lowest BCUT2D eigenvalue weighted by atomic mass is 9.95. The Kier molecular flexibility index (Phi) is 4.06. The van der Waals surface area contributed by atoms with Crippen molar-refractivity contribution in [1.82, 2.24) is 5.32 Å². The number of amides is 1. The maximum absolute atomic E-state index is 12.3. The van der Waals surface area contributed by atoms with E-state index in [9.17, 15) is 4.79 Å². The van der Waals surface area contributed by atoms with Crippen LogP contribution < -0.4 is 5.32 Å². The van der Waals surface area contributed by atoms with Crippen LogP contribution in [0, 0.1) is 18.8 Å². The molecule has 20 heavy (non-hydrogen) atoms. The number of rotatable bonds is 4. The fraction of sp³-hybridized carbons (Fsp3) is 0.588. The van der Waals surface area contributed by atoms with E-state index in [1.807, 2.05) is 6.92 Å². The van der Waals surface area contributed by atoms with Crippen molar-refractivity contribution in [3.63, 3.8) is 0 Å². The molecule has 3 heteroatoms. The molecule has 1 N–H and O–H groups in total. The third-order valence-corrected chi connectivity index (χ3v) is 5.88. The number of thioether (sulfide) groups is 1. The van der Waals surface area contributed by atoms with Gasteiger partial charge in [0.05, 0.1) is 5.25 Å². The second-order valence-corrected chi connectivity index (χ2v) is 7.78. The van der Waals surface area contributed by atoms with Gasteiger partial charge < -0.3 is 5.32 Å². The maximum Gasteiger partial charge on any atom is 0.233 e. The molecule has 1 aromatic carbocycles. The first-order valence-corrected chi connectivity index (χ1v) is 8.53. The van der Waals surface area contributed by atoms with Gasteiger partial charge in [0.15, 0.2) is 0 Å². The minimum atomic E-state index is -0.0168. The minimum Gasteiger partial charge on any atom is -0.352 e. The standard InChI is InChI=1S/C17H23NOS/c1-11-3-7-15(8-4-11)20-12(2)17(19)18-16-10-13-5-6-14(16)9-13/h3-4,7-8,12-14,16H,5-6,9-10H2,1-2H3,(H,18,19)/t12-,13-,14-,16-/m0/s1. The second kappa shape index (κ2) is 5.80. The predicted octanol–water partition coefficient (Wildman–Crippen LogP) is 3.78. The monoisotopic (exact) mass is 289 g/mol. The molecule has 0 saturated heterocycles. The van der Waals surface area contributed by atoms with Gasteiger partial charge in [-0.25, -0.2) is 0 Å². The number of hydrogen-bond donors (Lipinski definition) is 1. The molecule has 1 aromatic rings. The number of nitrogens with one attached hydrogen (secondary N) is 1. The van der Waals surface area contributed by atoms with Crippen LogP contribution in [0.2, 0.25) is 0 Å². The Hall–Kier alpha value is -0.960. The third kappa shape index (κ3) is 3.03. The minimum absolute atomic E-state index is 0.0168. The van der Waals surface area contributed by atoms with E-state index in [0.717, 1.165) is 11.8 Å². The molecule has 2 nitrogen and oxygen atoms in total. The van der Waals surface area contributed by atoms with Crippen LogP contribution in [0.15, 0.2) is 29.2 Å². The quantitative estimate of drug-likeness (QED) is 0.855. The summed E-state index contributed by atoms with van der Waals surface area (Å²) in [5.41, 5.74) is 1.26. The molecule has 0 heterocycles. The highest BCUT2D eigenvalue weighted by Crippen LogP contribution is 2.44. The third-order valence-electron chi connectivity index (χ3n) is 4.77. The van der Waals surface area contributed by atoms with Gasteiger partial charge in [-0.3, -0.25) is 4.79 Å². The number of hydrogen-bond acceptors (Lipinski definition) is 2. The number of fused-ring (bicyclic) bond motifs is 2. The summed E-state index contributed by atoms with van der Waals surface area (Å²) in [6, 6.07) is 8.84. The zero-order valence-electron chi connectivity index (χ0n) is 12.3. The summed E-state index contributed by atoms with van der Waals surface area (Å²) in [6.45, 7) is 4.09. The SMILES string of the molecule is Cc1ccc(S[C@@H](C)C(=O)N[C@H]2C[C@H]3CC[C@H]2C3)cc1. The molecule has 2 aliphatic carbocycles. The fourth-order valence-electron chi connectivity index (χ4n) is 3.60. The van der Waals surface area contributed by atoms with E-state index in [1.165, 1.54) is 36.1 Å². The van der Waals surface area contributed by atoms with E-state index < -0.39 is 0 Å². The van der Waals surface area contributed by atoms with Gasteiger partial charge in [-0.05, 0) is 57.1 Å². The lowest BCUT2D eigenvalue weighted by Crippen LogP contribution is -2.42. The van der Waals surface area contributed by atoms with Gasteiger partial charge in [0, 0.05) is 10.9 Å². The molecule has 0 spiro atoms. The van der Waals surface area contributed by atoms with E-state index in [2.05, 4.69) is 36.5 Å². The molecule has 2 bridgehead atoms. The smallest absolute Gasteiger partial charge is 0.233 e. The molecule has 0 unspecified atom stereocenters. The topological polar surface area (TPSA) is 29.1 Å². The van der Waals surface area contributed by atoms with Gasteiger partial charge in [-0.1, -0.05) is 24.1 Å². The van der Waals surface area contributed by atoms with Crippen LogP contribution in [0.4, 0.5) is 0 Å². The Morgan fingerprint density at radius 1 is 1.25 bits per heavy atom. The number of aryl methyl sites for hydroxylation is 1. The lowest BCUT2D eigenvalue weighted by Gasteiger charge is -2.24. The average Bonchev–Trinajstić information content (AvgIpc) is 3.03. The van der Waals surface area contributed by atoms with Crippen molar-refractivity contribution in [1.29, 1.82) is 0 Å². The van der Waals surface area contributed by atoms with Crippen LogP contribution >= 0.6 is 11.8 Å². The highest BCUT2D eigenvalue weighted by atomic mass is 32.2. The highest BCUT2D eigenvalue weighted by molar-refractivity contribution is 8.00. The van der Waals surface area contributed by atoms with Crippen molar-refractivity contribution in [3.05, 3.63) is 29.8 Å². The van der Waals surface area contributed by atoms with Crippen LogP contribution in [0.1, 0.15) is 38.2 Å². The van der Waals surface area contributed by atoms with E-state index >= 15 is 0 Å². The van der Waals surface area contributed by atoms with E-state index in [-0.39, 0.29) is 11.2 Å². The van der Waals surface area contributed by atoms with Crippen LogP contribution in [0.5, 0.6) is 0 Å². The van der Waals surface area contributed by atoms with E-state index in [4.69, 9.17) is 0 Å². The Morgan fingerprint density at radius 3 is 2.60 bits per heavy atom. The first-order chi connectivity index (χ1) is 9.61. The Balaban J connectivity index is 1.53. The Bertz CT molecular complexity index is 484. The van der Waals surface area contributed by atoms with Crippen LogP contribution in [0.3, 0.4) is 0 Å². The molecule has 0 aliphatic heterocycles. The van der Waals surface area contributed by atoms with Crippen molar-refractivity contribution in [2.45, 2.75) is 55.7 Å². The largest absolute Gasteiger partial charge is 0.352 e. The zero-order chi connectivity index (χ0) is 14.1. The maximum atomic E-state index is 12.3. The molecule has 3 rings (SSSR count). The molecule has 0 radical (unpaired) electrons. The summed E-state index contributed by atoms with van der Waals surface area (Å²) in [4.78, 5) is 13.5. The van der Waals surface area contributed by atoms with Gasteiger partial charge in [0.1, 0.15) is 0 Å². The molecule has 1 amide bonds. The first kappa shape index (κ1) is 14.0.